The standard InChI is InChI=1S/C14H19F2NO/c1-8(2)13-12-6-10(18-14(15)16)4-5-11(12)9(3)7-17-13/h4-6,8-9,13-14,17H,7H2,1-3H3. The number of fused-ring (bicyclic) bond motifs is 1. The molecule has 2 atom stereocenters. The van der Waals surface area contributed by atoms with Gasteiger partial charge in [0, 0.05) is 12.6 Å². The van der Waals surface area contributed by atoms with Crippen LogP contribution in [-0.2, 0) is 0 Å². The Balaban J connectivity index is 2.36. The van der Waals surface area contributed by atoms with E-state index in [9.17, 15) is 8.78 Å². The van der Waals surface area contributed by atoms with Gasteiger partial charge in [-0.15, -0.1) is 0 Å². The second-order valence-electron chi connectivity index (χ2n) is 5.20. The SMILES string of the molecule is CC1CNC(C(C)C)c2cc(OC(F)F)ccc21. The van der Waals surface area contributed by atoms with Crippen molar-refractivity contribution in [1.29, 1.82) is 0 Å². The van der Waals surface area contributed by atoms with Crippen LogP contribution in [0.5, 0.6) is 5.75 Å². The van der Waals surface area contributed by atoms with Crippen molar-refractivity contribution < 1.29 is 13.5 Å². The summed E-state index contributed by atoms with van der Waals surface area (Å²) < 4.78 is 29.0. The summed E-state index contributed by atoms with van der Waals surface area (Å²) in [5.41, 5.74) is 2.32. The maximum Gasteiger partial charge on any atom is 0.387 e. The van der Waals surface area contributed by atoms with Crippen molar-refractivity contribution in [3.63, 3.8) is 0 Å². The van der Waals surface area contributed by atoms with E-state index in [-0.39, 0.29) is 11.8 Å². The van der Waals surface area contributed by atoms with Gasteiger partial charge in [0.25, 0.3) is 0 Å². The molecule has 2 nitrogen and oxygen atoms in total. The fourth-order valence-electron chi connectivity index (χ4n) is 2.57. The summed E-state index contributed by atoms with van der Waals surface area (Å²) >= 11 is 0. The highest BCUT2D eigenvalue weighted by atomic mass is 19.3. The molecule has 1 N–H and O–H groups in total. The van der Waals surface area contributed by atoms with Crippen LogP contribution >= 0.6 is 0 Å². The Morgan fingerprint density at radius 2 is 2.00 bits per heavy atom. The first kappa shape index (κ1) is 13.3. The highest BCUT2D eigenvalue weighted by Gasteiger charge is 2.26. The molecule has 1 heterocycles. The van der Waals surface area contributed by atoms with Crippen LogP contribution in [0.3, 0.4) is 0 Å². The summed E-state index contributed by atoms with van der Waals surface area (Å²) in [6, 6.07) is 5.49. The van der Waals surface area contributed by atoms with Gasteiger partial charge in [0.05, 0.1) is 0 Å². The highest BCUT2D eigenvalue weighted by Crippen LogP contribution is 2.36. The number of ether oxygens (including phenoxy) is 1. The number of nitrogens with one attached hydrogen (secondary N) is 1. The van der Waals surface area contributed by atoms with E-state index in [1.165, 1.54) is 5.56 Å². The van der Waals surface area contributed by atoms with Crippen molar-refractivity contribution in [1.82, 2.24) is 5.32 Å². The van der Waals surface area contributed by atoms with Crippen molar-refractivity contribution in [2.45, 2.75) is 39.3 Å². The smallest absolute Gasteiger partial charge is 0.387 e. The number of hydrogen-bond donors (Lipinski definition) is 1. The summed E-state index contributed by atoms with van der Waals surface area (Å²) in [6.45, 7) is 4.53. The largest absolute Gasteiger partial charge is 0.435 e. The van der Waals surface area contributed by atoms with E-state index in [0.29, 0.717) is 11.8 Å². The first-order valence-corrected chi connectivity index (χ1v) is 6.31. The van der Waals surface area contributed by atoms with Crippen LogP contribution in [0.25, 0.3) is 0 Å². The molecule has 0 fully saturated rings. The number of alkyl halides is 2. The number of benzene rings is 1. The molecule has 0 aromatic heterocycles. The van der Waals surface area contributed by atoms with E-state index in [1.54, 1.807) is 12.1 Å². The zero-order valence-electron chi connectivity index (χ0n) is 10.9. The maximum absolute atomic E-state index is 12.2. The van der Waals surface area contributed by atoms with Gasteiger partial charge in [0.15, 0.2) is 0 Å². The molecular weight excluding hydrogens is 236 g/mol. The summed E-state index contributed by atoms with van der Waals surface area (Å²) in [6.07, 6.45) is 0. The molecule has 18 heavy (non-hydrogen) atoms. The van der Waals surface area contributed by atoms with E-state index in [0.717, 1.165) is 12.1 Å². The lowest BCUT2D eigenvalue weighted by molar-refractivity contribution is -0.0499. The molecule has 2 unspecified atom stereocenters. The average Bonchev–Trinajstić information content (AvgIpc) is 2.28. The minimum Gasteiger partial charge on any atom is -0.435 e. The zero-order valence-corrected chi connectivity index (χ0v) is 10.9. The summed E-state index contributed by atoms with van der Waals surface area (Å²) in [7, 11) is 0. The van der Waals surface area contributed by atoms with Crippen molar-refractivity contribution in [3.8, 4) is 5.75 Å². The van der Waals surface area contributed by atoms with E-state index in [2.05, 4.69) is 30.8 Å². The van der Waals surface area contributed by atoms with Gasteiger partial charge in [-0.3, -0.25) is 0 Å². The third-order valence-electron chi connectivity index (χ3n) is 3.46. The topological polar surface area (TPSA) is 21.3 Å². The molecule has 4 heteroatoms. The Bertz CT molecular complexity index is 420. The molecule has 0 amide bonds. The molecule has 0 aliphatic carbocycles. The van der Waals surface area contributed by atoms with Crippen molar-refractivity contribution in [2.75, 3.05) is 6.54 Å². The van der Waals surface area contributed by atoms with Crippen LogP contribution in [0.1, 0.15) is 43.9 Å². The Kier molecular flexibility index (Phi) is 3.85. The summed E-state index contributed by atoms with van der Waals surface area (Å²) in [4.78, 5) is 0. The maximum atomic E-state index is 12.2. The van der Waals surface area contributed by atoms with Crippen LogP contribution in [0.4, 0.5) is 8.78 Å². The zero-order chi connectivity index (χ0) is 13.3. The number of hydrogen-bond acceptors (Lipinski definition) is 2. The Morgan fingerprint density at radius 1 is 1.28 bits per heavy atom. The third kappa shape index (κ3) is 2.64. The highest BCUT2D eigenvalue weighted by molar-refractivity contribution is 5.41. The molecule has 0 saturated carbocycles. The molecule has 1 aromatic rings. The molecule has 100 valence electrons. The molecule has 0 spiro atoms. The molecule has 1 aliphatic rings. The van der Waals surface area contributed by atoms with Gasteiger partial charge in [-0.2, -0.15) is 8.78 Å². The Morgan fingerprint density at radius 3 is 2.61 bits per heavy atom. The van der Waals surface area contributed by atoms with E-state index >= 15 is 0 Å². The molecule has 1 aromatic carbocycles. The lowest BCUT2D eigenvalue weighted by atomic mass is 9.83. The summed E-state index contributed by atoms with van der Waals surface area (Å²) in [5.74, 6) is 1.05. The van der Waals surface area contributed by atoms with Gasteiger partial charge in [0.2, 0.25) is 0 Å². The van der Waals surface area contributed by atoms with Crippen molar-refractivity contribution in [3.05, 3.63) is 29.3 Å². The molecular formula is C14H19F2NO. The van der Waals surface area contributed by atoms with Crippen LogP contribution in [0.15, 0.2) is 18.2 Å². The fourth-order valence-corrected chi connectivity index (χ4v) is 2.57. The van der Waals surface area contributed by atoms with Gasteiger partial charge in [-0.1, -0.05) is 26.8 Å². The Hall–Kier alpha value is -1.16. The second-order valence-corrected chi connectivity index (χ2v) is 5.20. The molecule has 1 aliphatic heterocycles. The van der Waals surface area contributed by atoms with Crippen LogP contribution in [0.2, 0.25) is 0 Å². The van der Waals surface area contributed by atoms with E-state index in [1.807, 2.05) is 6.07 Å². The first-order chi connectivity index (χ1) is 8.49. The molecule has 0 saturated heterocycles. The normalized spacial score (nSPS) is 23.3. The summed E-state index contributed by atoms with van der Waals surface area (Å²) in [5, 5.41) is 3.46. The van der Waals surface area contributed by atoms with Gasteiger partial charge in [-0.05, 0) is 35.1 Å². The third-order valence-corrected chi connectivity index (χ3v) is 3.46. The average molecular weight is 255 g/mol. The van der Waals surface area contributed by atoms with Crippen LogP contribution in [-0.4, -0.2) is 13.2 Å². The molecule has 2 rings (SSSR count). The predicted molar refractivity (Wildman–Crippen MR) is 67.1 cm³/mol. The van der Waals surface area contributed by atoms with Gasteiger partial charge >= 0.3 is 6.61 Å². The number of halogens is 2. The van der Waals surface area contributed by atoms with E-state index in [4.69, 9.17) is 0 Å². The lowest BCUT2D eigenvalue weighted by Crippen LogP contribution is -2.34. The fraction of sp³-hybridized carbons (Fsp3) is 0.571. The minimum atomic E-state index is -2.77. The second kappa shape index (κ2) is 5.22. The minimum absolute atomic E-state index is 0.206. The van der Waals surface area contributed by atoms with E-state index < -0.39 is 6.61 Å². The van der Waals surface area contributed by atoms with Gasteiger partial charge < -0.3 is 10.1 Å². The van der Waals surface area contributed by atoms with Crippen molar-refractivity contribution >= 4 is 0 Å². The van der Waals surface area contributed by atoms with Gasteiger partial charge in [0.1, 0.15) is 5.75 Å². The number of rotatable bonds is 3. The monoisotopic (exact) mass is 255 g/mol. The Labute approximate surface area is 106 Å². The van der Waals surface area contributed by atoms with Crippen molar-refractivity contribution in [2.24, 2.45) is 5.92 Å². The first-order valence-electron chi connectivity index (χ1n) is 6.31. The lowest BCUT2D eigenvalue weighted by Gasteiger charge is -2.33. The van der Waals surface area contributed by atoms with Crippen LogP contribution < -0.4 is 10.1 Å². The van der Waals surface area contributed by atoms with Crippen LogP contribution in [0, 0.1) is 5.92 Å². The molecule has 0 radical (unpaired) electrons. The van der Waals surface area contributed by atoms with Gasteiger partial charge in [-0.25, -0.2) is 0 Å². The molecule has 0 bridgehead atoms. The quantitative estimate of drug-likeness (QED) is 0.889. The predicted octanol–water partition coefficient (Wildman–Crippen LogP) is 3.69.